The van der Waals surface area contributed by atoms with Crippen molar-refractivity contribution in [2.45, 2.75) is 12.2 Å². The van der Waals surface area contributed by atoms with E-state index in [1.54, 1.807) is 10.7 Å². The molecule has 0 spiro atoms. The van der Waals surface area contributed by atoms with Gasteiger partial charge in [-0.05, 0) is 36.4 Å². The molecule has 0 aromatic carbocycles. The predicted octanol–water partition coefficient (Wildman–Crippen LogP) is 2.83. The minimum Gasteiger partial charge on any atom is -0.363 e. The van der Waals surface area contributed by atoms with Crippen LogP contribution in [0.1, 0.15) is 0 Å². The molecule has 1 aliphatic rings. The number of fused-ring (bicyclic) bond motifs is 2. The van der Waals surface area contributed by atoms with Crippen LogP contribution in [-0.2, 0) is 0 Å². The molecule has 0 unspecified atom stereocenters. The number of hydrogen-bond donors (Lipinski definition) is 2. The van der Waals surface area contributed by atoms with Gasteiger partial charge in [0.2, 0.25) is 0 Å². The first-order valence-corrected chi connectivity index (χ1v) is 10.1. The van der Waals surface area contributed by atoms with Gasteiger partial charge in [-0.25, -0.2) is 23.4 Å². The molecule has 6 rings (SSSR count). The molecule has 0 saturated carbocycles. The highest BCUT2D eigenvalue weighted by Crippen LogP contribution is 2.25. The van der Waals surface area contributed by atoms with Crippen LogP contribution in [-0.4, -0.2) is 54.5 Å². The minimum atomic E-state index is -0.934. The molecule has 2 atom stereocenters. The van der Waals surface area contributed by atoms with Crippen molar-refractivity contribution in [3.63, 3.8) is 0 Å². The lowest BCUT2D eigenvalue weighted by molar-refractivity contribution is 0.342. The van der Waals surface area contributed by atoms with E-state index in [9.17, 15) is 4.39 Å². The number of rotatable bonds is 4. The van der Waals surface area contributed by atoms with Crippen molar-refractivity contribution in [3.8, 4) is 22.6 Å². The van der Waals surface area contributed by atoms with E-state index in [1.807, 2.05) is 65.4 Å². The van der Waals surface area contributed by atoms with E-state index in [1.165, 1.54) is 0 Å². The number of hydrogen-bond acceptors (Lipinski definition) is 6. The fourth-order valence-corrected chi connectivity index (χ4v) is 3.96. The van der Waals surface area contributed by atoms with Crippen LogP contribution in [0, 0.1) is 0 Å². The van der Waals surface area contributed by atoms with Crippen molar-refractivity contribution in [3.05, 3.63) is 67.1 Å². The second kappa shape index (κ2) is 7.13. The maximum absolute atomic E-state index is 14.0. The molecule has 1 saturated heterocycles. The van der Waals surface area contributed by atoms with Crippen LogP contribution in [0.4, 0.5) is 10.2 Å². The predicted molar refractivity (Wildman–Crippen MR) is 116 cm³/mol. The fraction of sp³-hybridized carbons (Fsp3) is 0.182. The third-order valence-electron chi connectivity index (χ3n) is 5.55. The third kappa shape index (κ3) is 3.10. The van der Waals surface area contributed by atoms with Crippen LogP contribution >= 0.6 is 0 Å². The summed E-state index contributed by atoms with van der Waals surface area (Å²) in [5.41, 5.74) is 4.90. The molecule has 5 aromatic rings. The second-order valence-electron chi connectivity index (χ2n) is 7.55. The highest BCUT2D eigenvalue weighted by atomic mass is 19.1. The lowest BCUT2D eigenvalue weighted by atomic mass is 10.2. The first-order chi connectivity index (χ1) is 15.3. The van der Waals surface area contributed by atoms with Crippen molar-refractivity contribution in [2.75, 3.05) is 18.4 Å². The fourth-order valence-electron chi connectivity index (χ4n) is 3.96. The molecule has 0 bridgehead atoms. The lowest BCUT2D eigenvalue weighted by Gasteiger charge is -2.15. The number of nitrogens with one attached hydrogen (secondary N) is 2. The van der Waals surface area contributed by atoms with Gasteiger partial charge >= 0.3 is 0 Å². The van der Waals surface area contributed by atoms with Crippen molar-refractivity contribution in [2.24, 2.45) is 0 Å². The monoisotopic (exact) mass is 414 g/mol. The van der Waals surface area contributed by atoms with E-state index < -0.39 is 6.17 Å². The first kappa shape index (κ1) is 18.0. The van der Waals surface area contributed by atoms with Crippen molar-refractivity contribution < 1.29 is 4.39 Å². The van der Waals surface area contributed by atoms with Crippen molar-refractivity contribution in [1.29, 1.82) is 0 Å². The largest absolute Gasteiger partial charge is 0.363 e. The average Bonchev–Trinajstić information content (AvgIpc) is 3.52. The summed E-state index contributed by atoms with van der Waals surface area (Å²) in [5, 5.41) is 15.5. The smallest absolute Gasteiger partial charge is 0.154 e. The van der Waals surface area contributed by atoms with Gasteiger partial charge < -0.3 is 10.6 Å². The SMILES string of the molecule is F[C@H]1CNC[C@@H]1Nc1cccc(-c2cnc3ccc(-c4cnn5ccccc45)nn23)n1. The summed E-state index contributed by atoms with van der Waals surface area (Å²) in [5.74, 6) is 0.627. The van der Waals surface area contributed by atoms with E-state index in [0.29, 0.717) is 24.6 Å². The maximum Gasteiger partial charge on any atom is 0.154 e. The minimum absolute atomic E-state index is 0.287. The van der Waals surface area contributed by atoms with Crippen LogP contribution in [0.5, 0.6) is 0 Å². The third-order valence-corrected chi connectivity index (χ3v) is 5.55. The molecule has 6 heterocycles. The Labute approximate surface area is 176 Å². The zero-order valence-electron chi connectivity index (χ0n) is 16.5. The lowest BCUT2D eigenvalue weighted by Crippen LogP contribution is -2.29. The first-order valence-electron chi connectivity index (χ1n) is 10.1. The van der Waals surface area contributed by atoms with Gasteiger partial charge in [0.1, 0.15) is 17.7 Å². The Kier molecular flexibility index (Phi) is 4.13. The summed E-state index contributed by atoms with van der Waals surface area (Å²) in [4.78, 5) is 9.16. The molecule has 5 aromatic heterocycles. The maximum atomic E-state index is 14.0. The molecule has 1 fully saturated rings. The standard InChI is InChI=1S/C22H19FN8/c23-15-11-24-12-18(15)28-21-6-3-4-17(27-21)20-13-25-22-8-7-16(29-31(20)22)14-10-26-30-9-2-1-5-19(14)30/h1-10,13,15,18,24H,11-12H2,(H,27,28)/t15-,18-/m0/s1. The van der Waals surface area contributed by atoms with Crippen LogP contribution in [0.25, 0.3) is 33.8 Å². The van der Waals surface area contributed by atoms with E-state index in [-0.39, 0.29) is 6.04 Å². The molecule has 154 valence electrons. The van der Waals surface area contributed by atoms with Gasteiger partial charge in [-0.3, -0.25) is 0 Å². The van der Waals surface area contributed by atoms with Crippen LogP contribution in [0.15, 0.2) is 67.1 Å². The van der Waals surface area contributed by atoms with Gasteiger partial charge in [0.25, 0.3) is 0 Å². The highest BCUT2D eigenvalue weighted by molar-refractivity contribution is 5.78. The number of pyridine rings is 2. The van der Waals surface area contributed by atoms with Gasteiger partial charge in [0.15, 0.2) is 5.65 Å². The number of halogens is 1. The van der Waals surface area contributed by atoms with Crippen LogP contribution in [0.2, 0.25) is 0 Å². The summed E-state index contributed by atoms with van der Waals surface area (Å²) in [6.45, 7) is 0.939. The zero-order valence-corrected chi connectivity index (χ0v) is 16.5. The van der Waals surface area contributed by atoms with Gasteiger partial charge in [-0.1, -0.05) is 12.1 Å². The Balaban J connectivity index is 1.40. The molecule has 1 aliphatic heterocycles. The number of imidazole rings is 1. The molecular weight excluding hydrogens is 395 g/mol. The summed E-state index contributed by atoms with van der Waals surface area (Å²) in [7, 11) is 0. The highest BCUT2D eigenvalue weighted by Gasteiger charge is 2.26. The van der Waals surface area contributed by atoms with E-state index in [2.05, 4.69) is 25.7 Å². The second-order valence-corrected chi connectivity index (χ2v) is 7.55. The van der Waals surface area contributed by atoms with Gasteiger partial charge in [0, 0.05) is 24.8 Å². The molecule has 31 heavy (non-hydrogen) atoms. The number of aromatic nitrogens is 6. The summed E-state index contributed by atoms with van der Waals surface area (Å²) < 4.78 is 17.6. The Morgan fingerprint density at radius 1 is 1.00 bits per heavy atom. The van der Waals surface area contributed by atoms with E-state index in [0.717, 1.165) is 28.1 Å². The quantitative estimate of drug-likeness (QED) is 0.471. The zero-order chi connectivity index (χ0) is 20.8. The molecule has 0 radical (unpaired) electrons. The van der Waals surface area contributed by atoms with Gasteiger partial charge in [-0.15, -0.1) is 0 Å². The molecular formula is C22H19FN8. The molecule has 9 heteroatoms. The number of nitrogens with zero attached hydrogens (tertiary/aromatic N) is 6. The summed E-state index contributed by atoms with van der Waals surface area (Å²) in [6.07, 6.45) is 4.54. The Morgan fingerprint density at radius 2 is 1.97 bits per heavy atom. The number of alkyl halides is 1. The Hall–Kier alpha value is -3.85. The average molecular weight is 414 g/mol. The summed E-state index contributed by atoms with van der Waals surface area (Å²) in [6, 6.07) is 15.2. The van der Waals surface area contributed by atoms with E-state index in [4.69, 9.17) is 5.10 Å². The topological polar surface area (TPSA) is 84.4 Å². The normalized spacial score (nSPS) is 18.7. The van der Waals surface area contributed by atoms with Gasteiger partial charge in [0.05, 0.1) is 35.3 Å². The molecule has 0 aliphatic carbocycles. The number of anilines is 1. The van der Waals surface area contributed by atoms with Crippen molar-refractivity contribution >= 4 is 17.0 Å². The molecule has 2 N–H and O–H groups in total. The molecule has 8 nitrogen and oxygen atoms in total. The van der Waals surface area contributed by atoms with E-state index >= 15 is 0 Å². The molecule has 0 amide bonds. The van der Waals surface area contributed by atoms with Crippen LogP contribution < -0.4 is 10.6 Å². The summed E-state index contributed by atoms with van der Waals surface area (Å²) >= 11 is 0. The van der Waals surface area contributed by atoms with Crippen LogP contribution in [0.3, 0.4) is 0 Å². The Bertz CT molecular complexity index is 1390. The van der Waals surface area contributed by atoms with Crippen molar-refractivity contribution in [1.82, 2.24) is 34.5 Å². The van der Waals surface area contributed by atoms with Gasteiger partial charge in [-0.2, -0.15) is 10.2 Å². The Morgan fingerprint density at radius 3 is 2.87 bits per heavy atom.